The van der Waals surface area contributed by atoms with Gasteiger partial charge < -0.3 is 15.8 Å². The first-order valence-electron chi connectivity index (χ1n) is 9.92. The third-order valence-electron chi connectivity index (χ3n) is 7.17. The molecular weight excluding hydrogens is 326 g/mol. The lowest BCUT2D eigenvalue weighted by molar-refractivity contribution is -0.138. The first-order valence-corrected chi connectivity index (χ1v) is 9.92. The molecule has 26 heavy (non-hydrogen) atoms. The van der Waals surface area contributed by atoms with Crippen LogP contribution in [0.4, 0.5) is 0 Å². The molecule has 1 aromatic heterocycles. The predicted molar refractivity (Wildman–Crippen MR) is 101 cm³/mol. The van der Waals surface area contributed by atoms with Crippen molar-refractivity contribution in [2.24, 2.45) is 17.6 Å². The number of nitrogens with one attached hydrogen (secondary N) is 1. The van der Waals surface area contributed by atoms with E-state index in [1.807, 2.05) is 12.1 Å². The summed E-state index contributed by atoms with van der Waals surface area (Å²) in [6.45, 7) is 4.29. The first-order chi connectivity index (χ1) is 12.5. The van der Waals surface area contributed by atoms with Crippen molar-refractivity contribution in [1.29, 1.82) is 0 Å². The van der Waals surface area contributed by atoms with Crippen molar-refractivity contribution in [2.45, 2.75) is 50.5 Å². The number of hydrogen-bond acceptors (Lipinski definition) is 3. The number of carbonyl (C=O) groups excluding carboxylic acids is 1. The number of nitrogens with two attached hydrogens (primary N) is 1. The van der Waals surface area contributed by atoms with Crippen molar-refractivity contribution in [3.63, 3.8) is 0 Å². The van der Waals surface area contributed by atoms with E-state index in [9.17, 15) is 9.90 Å². The lowest BCUT2D eigenvalue weighted by Crippen LogP contribution is -2.68. The van der Waals surface area contributed by atoms with Crippen LogP contribution in [0.3, 0.4) is 0 Å². The Bertz CT molecular complexity index is 889. The van der Waals surface area contributed by atoms with E-state index in [2.05, 4.69) is 16.8 Å². The fourth-order valence-electron chi connectivity index (χ4n) is 6.44. The van der Waals surface area contributed by atoms with Crippen LogP contribution in [0.5, 0.6) is 5.75 Å². The van der Waals surface area contributed by atoms with E-state index in [0.717, 1.165) is 55.4 Å². The quantitative estimate of drug-likeness (QED) is 0.793. The van der Waals surface area contributed by atoms with Crippen LogP contribution < -0.4 is 5.73 Å². The maximum Gasteiger partial charge on any atom is 0.231 e. The van der Waals surface area contributed by atoms with Gasteiger partial charge in [0.15, 0.2) is 0 Å². The van der Waals surface area contributed by atoms with Gasteiger partial charge in [0.2, 0.25) is 5.91 Å². The molecule has 1 amide bonds. The smallest absolute Gasteiger partial charge is 0.231 e. The summed E-state index contributed by atoms with van der Waals surface area (Å²) >= 11 is 0. The van der Waals surface area contributed by atoms with E-state index in [1.165, 1.54) is 12.0 Å². The Morgan fingerprint density at radius 1 is 1.46 bits per heavy atom. The van der Waals surface area contributed by atoms with Crippen molar-refractivity contribution in [3.05, 3.63) is 29.5 Å². The second-order valence-electron chi connectivity index (χ2n) is 8.59. The highest BCUT2D eigenvalue weighted by Gasteiger charge is 2.61. The molecule has 0 radical (unpaired) electrons. The molecule has 5 atom stereocenters. The third-order valence-corrected chi connectivity index (χ3v) is 7.17. The number of fused-ring (bicyclic) bond motifs is 4. The Balaban J connectivity index is 1.77. The van der Waals surface area contributed by atoms with Crippen molar-refractivity contribution >= 4 is 16.8 Å². The van der Waals surface area contributed by atoms with Crippen LogP contribution in [0.15, 0.2) is 18.2 Å². The zero-order valence-electron chi connectivity index (χ0n) is 15.3. The van der Waals surface area contributed by atoms with E-state index < -0.39 is 5.41 Å². The summed E-state index contributed by atoms with van der Waals surface area (Å²) in [6.07, 6.45) is 5.28. The van der Waals surface area contributed by atoms with Crippen molar-refractivity contribution in [1.82, 2.24) is 9.88 Å². The normalized spacial score (nSPS) is 35.3. The summed E-state index contributed by atoms with van der Waals surface area (Å²) in [5.41, 5.74) is 8.74. The zero-order chi connectivity index (χ0) is 18.1. The molecule has 1 aliphatic carbocycles. The SMILES string of the molecule is CCCC1CC2CN3CCc4c([nH]c5ccc(O)cc45)C(C(N)=O)(C2)C13. The highest BCUT2D eigenvalue weighted by Crippen LogP contribution is 2.55. The maximum atomic E-state index is 13.0. The number of H-pyrrole nitrogens is 1. The number of phenols is 1. The molecule has 4 N–H and O–H groups in total. The van der Waals surface area contributed by atoms with Crippen LogP contribution in [0.1, 0.15) is 43.9 Å². The molecule has 4 heterocycles. The number of hydrogen-bond donors (Lipinski definition) is 3. The second-order valence-corrected chi connectivity index (χ2v) is 8.59. The van der Waals surface area contributed by atoms with Gasteiger partial charge in [-0.15, -0.1) is 0 Å². The van der Waals surface area contributed by atoms with E-state index in [1.54, 1.807) is 6.07 Å². The van der Waals surface area contributed by atoms with Gasteiger partial charge in [0.1, 0.15) is 11.2 Å². The van der Waals surface area contributed by atoms with Gasteiger partial charge in [0, 0.05) is 35.7 Å². The Labute approximate surface area is 153 Å². The fraction of sp³-hybridized carbons (Fsp3) is 0.571. The molecule has 138 valence electrons. The molecule has 1 aromatic carbocycles. The summed E-state index contributed by atoms with van der Waals surface area (Å²) in [5, 5.41) is 11.0. The monoisotopic (exact) mass is 353 g/mol. The van der Waals surface area contributed by atoms with Crippen molar-refractivity contribution in [3.8, 4) is 5.75 Å². The highest BCUT2D eigenvalue weighted by atomic mass is 16.3. The Morgan fingerprint density at radius 3 is 3.08 bits per heavy atom. The maximum absolute atomic E-state index is 13.0. The number of benzene rings is 1. The molecule has 5 nitrogen and oxygen atoms in total. The minimum Gasteiger partial charge on any atom is -0.508 e. The number of carbonyl (C=O) groups is 1. The number of primary amides is 1. The molecule has 3 fully saturated rings. The number of piperidine rings is 2. The molecule has 3 aliphatic heterocycles. The van der Waals surface area contributed by atoms with E-state index in [-0.39, 0.29) is 17.7 Å². The van der Waals surface area contributed by atoms with Gasteiger partial charge in [-0.25, -0.2) is 0 Å². The third kappa shape index (κ3) is 1.98. The molecule has 2 saturated heterocycles. The number of aromatic hydroxyl groups is 1. The standard InChI is InChI=1S/C21H27N3O2/c1-2-3-13-8-12-10-21(20(22)26)18-15(6-7-24(11-12)19(13)21)16-9-14(25)4-5-17(16)23-18/h4-5,9,12-13,19,23,25H,2-3,6-8,10-11H2,1H3,(H2,22,26). The highest BCUT2D eigenvalue weighted by molar-refractivity contribution is 5.93. The van der Waals surface area contributed by atoms with Crippen LogP contribution in [-0.2, 0) is 16.6 Å². The minimum atomic E-state index is -0.624. The van der Waals surface area contributed by atoms with Crippen molar-refractivity contribution < 1.29 is 9.90 Å². The molecule has 5 heteroatoms. The van der Waals surface area contributed by atoms with Gasteiger partial charge in [-0.1, -0.05) is 13.3 Å². The molecule has 4 aliphatic rings. The van der Waals surface area contributed by atoms with Gasteiger partial charge in [-0.3, -0.25) is 9.69 Å². The minimum absolute atomic E-state index is 0.183. The molecule has 0 spiro atoms. The summed E-state index contributed by atoms with van der Waals surface area (Å²) in [6, 6.07) is 5.64. The van der Waals surface area contributed by atoms with Gasteiger partial charge in [-0.2, -0.15) is 0 Å². The van der Waals surface area contributed by atoms with Gasteiger partial charge >= 0.3 is 0 Å². The van der Waals surface area contributed by atoms with Crippen LogP contribution in [0.2, 0.25) is 0 Å². The van der Waals surface area contributed by atoms with Crippen LogP contribution in [-0.4, -0.2) is 40.0 Å². The molecule has 2 aromatic rings. The first kappa shape index (κ1) is 16.2. The number of aromatic nitrogens is 1. The van der Waals surface area contributed by atoms with Crippen LogP contribution in [0.25, 0.3) is 10.9 Å². The van der Waals surface area contributed by atoms with Crippen molar-refractivity contribution in [2.75, 3.05) is 13.1 Å². The summed E-state index contributed by atoms with van der Waals surface area (Å²) in [7, 11) is 0. The number of nitrogens with zero attached hydrogens (tertiary/aromatic N) is 1. The average molecular weight is 353 g/mol. The summed E-state index contributed by atoms with van der Waals surface area (Å²) in [4.78, 5) is 19.1. The number of aromatic amines is 1. The van der Waals surface area contributed by atoms with Gasteiger partial charge in [-0.05, 0) is 61.3 Å². The Kier molecular flexibility index (Phi) is 3.42. The Hall–Kier alpha value is -2.01. The zero-order valence-corrected chi connectivity index (χ0v) is 15.3. The van der Waals surface area contributed by atoms with E-state index in [0.29, 0.717) is 11.8 Å². The van der Waals surface area contributed by atoms with Gasteiger partial charge in [0.05, 0.1) is 0 Å². The fourth-order valence-corrected chi connectivity index (χ4v) is 6.44. The summed E-state index contributed by atoms with van der Waals surface area (Å²) < 4.78 is 0. The number of rotatable bonds is 3. The van der Waals surface area contributed by atoms with E-state index in [4.69, 9.17) is 5.73 Å². The lowest BCUT2D eigenvalue weighted by atomic mass is 9.56. The molecule has 6 rings (SSSR count). The second kappa shape index (κ2) is 5.49. The van der Waals surface area contributed by atoms with Crippen LogP contribution in [0, 0.1) is 11.8 Å². The number of phenolic OH excluding ortho intramolecular Hbond substituents is 1. The van der Waals surface area contributed by atoms with Gasteiger partial charge in [0.25, 0.3) is 0 Å². The topological polar surface area (TPSA) is 82.3 Å². The summed E-state index contributed by atoms with van der Waals surface area (Å²) in [5.74, 6) is 1.16. The molecule has 5 unspecified atom stereocenters. The average Bonchev–Trinajstić information content (AvgIpc) is 2.93. The molecule has 1 saturated carbocycles. The predicted octanol–water partition coefficient (Wildman–Crippen LogP) is 2.66. The molecule has 4 bridgehead atoms. The van der Waals surface area contributed by atoms with E-state index >= 15 is 0 Å². The molecular formula is C21H27N3O2. The lowest BCUT2D eigenvalue weighted by Gasteiger charge is -2.58. The number of amides is 1. The Morgan fingerprint density at radius 2 is 2.31 bits per heavy atom. The largest absolute Gasteiger partial charge is 0.508 e. The van der Waals surface area contributed by atoms with Crippen LogP contribution >= 0.6 is 0 Å².